The van der Waals surface area contributed by atoms with Crippen molar-refractivity contribution in [3.05, 3.63) is 33.7 Å². The van der Waals surface area contributed by atoms with Gasteiger partial charge in [0.15, 0.2) is 0 Å². The molecule has 1 aliphatic carbocycles. The molecule has 0 aromatic carbocycles. The Morgan fingerprint density at radius 3 is 2.63 bits per heavy atom. The summed E-state index contributed by atoms with van der Waals surface area (Å²) in [5, 5.41) is 6.20. The molecule has 0 spiro atoms. The number of rotatable bonds is 3. The molecule has 4 nitrogen and oxygen atoms in total. The molecule has 19 heavy (non-hydrogen) atoms. The summed E-state index contributed by atoms with van der Waals surface area (Å²) in [6, 6.07) is 0.0946. The maximum Gasteiger partial charge on any atom is 0.408 e. The summed E-state index contributed by atoms with van der Waals surface area (Å²) in [7, 11) is 0. The monoisotopic (exact) mass is 293 g/mol. The number of halogens is 4. The number of alkyl halides is 3. The van der Waals surface area contributed by atoms with Gasteiger partial charge in [0.25, 0.3) is 5.56 Å². The minimum atomic E-state index is -4.51. The van der Waals surface area contributed by atoms with Crippen LogP contribution < -0.4 is 10.9 Å². The topological polar surface area (TPSA) is 46.9 Å². The van der Waals surface area contributed by atoms with Crippen molar-refractivity contribution < 1.29 is 13.2 Å². The van der Waals surface area contributed by atoms with Crippen LogP contribution in [0.5, 0.6) is 0 Å². The molecule has 1 heterocycles. The van der Waals surface area contributed by atoms with E-state index in [0.717, 1.165) is 19.0 Å². The van der Waals surface area contributed by atoms with E-state index in [1.165, 1.54) is 0 Å². The molecule has 0 atom stereocenters. The highest BCUT2D eigenvalue weighted by Crippen LogP contribution is 2.22. The summed E-state index contributed by atoms with van der Waals surface area (Å²) in [5.41, 5.74) is -0.686. The second-order valence-corrected chi connectivity index (χ2v) is 4.61. The molecule has 1 aliphatic rings. The number of aromatic nitrogens is 2. The highest BCUT2D eigenvalue weighted by molar-refractivity contribution is 6.32. The first-order valence-electron chi connectivity index (χ1n) is 5.61. The second-order valence-electron chi connectivity index (χ2n) is 4.23. The summed E-state index contributed by atoms with van der Waals surface area (Å²) < 4.78 is 36.9. The Balaban J connectivity index is 2.19. The molecule has 0 radical (unpaired) electrons. The first kappa shape index (κ1) is 13.9. The van der Waals surface area contributed by atoms with Crippen molar-refractivity contribution >= 4 is 17.3 Å². The van der Waals surface area contributed by atoms with Gasteiger partial charge < -0.3 is 5.32 Å². The van der Waals surface area contributed by atoms with E-state index in [4.69, 9.17) is 11.6 Å². The average molecular weight is 294 g/mol. The molecule has 104 valence electrons. The highest BCUT2D eigenvalue weighted by Gasteiger charge is 2.29. The fourth-order valence-corrected chi connectivity index (χ4v) is 2.00. The molecule has 0 bridgehead atoms. The van der Waals surface area contributed by atoms with Gasteiger partial charge in [-0.05, 0) is 12.8 Å². The van der Waals surface area contributed by atoms with Crippen LogP contribution in [-0.2, 0) is 6.54 Å². The zero-order valence-electron chi connectivity index (χ0n) is 9.75. The average Bonchev–Trinajstić information content (AvgIpc) is 2.80. The van der Waals surface area contributed by atoms with E-state index in [2.05, 4.69) is 10.4 Å². The molecule has 0 amide bonds. The third kappa shape index (κ3) is 3.50. The van der Waals surface area contributed by atoms with Crippen LogP contribution in [0, 0.1) is 0 Å². The lowest BCUT2D eigenvalue weighted by Crippen LogP contribution is -2.31. The quantitative estimate of drug-likeness (QED) is 0.871. The van der Waals surface area contributed by atoms with Crippen molar-refractivity contribution in [3.8, 4) is 0 Å². The van der Waals surface area contributed by atoms with Gasteiger partial charge in [0.05, 0.1) is 11.9 Å². The van der Waals surface area contributed by atoms with Crippen molar-refractivity contribution in [3.63, 3.8) is 0 Å². The van der Waals surface area contributed by atoms with E-state index in [-0.39, 0.29) is 16.8 Å². The molecule has 0 saturated heterocycles. The Hall–Kier alpha value is -1.50. The van der Waals surface area contributed by atoms with E-state index in [0.29, 0.717) is 4.68 Å². The molecule has 0 fully saturated rings. The Morgan fingerprint density at radius 2 is 2.05 bits per heavy atom. The maximum atomic E-state index is 12.2. The van der Waals surface area contributed by atoms with Crippen LogP contribution in [0.1, 0.15) is 12.8 Å². The van der Waals surface area contributed by atoms with E-state index in [1.807, 2.05) is 12.2 Å². The van der Waals surface area contributed by atoms with Gasteiger partial charge in [-0.25, -0.2) is 4.68 Å². The summed E-state index contributed by atoms with van der Waals surface area (Å²) in [6.45, 7) is -1.45. The molecule has 8 heteroatoms. The molecule has 0 unspecified atom stereocenters. The minimum Gasteiger partial charge on any atom is -0.379 e. The van der Waals surface area contributed by atoms with Crippen molar-refractivity contribution in [2.75, 3.05) is 5.32 Å². The smallest absolute Gasteiger partial charge is 0.379 e. The van der Waals surface area contributed by atoms with Gasteiger partial charge in [-0.3, -0.25) is 4.79 Å². The van der Waals surface area contributed by atoms with Crippen molar-refractivity contribution in [2.24, 2.45) is 0 Å². The highest BCUT2D eigenvalue weighted by atomic mass is 35.5. The van der Waals surface area contributed by atoms with Crippen LogP contribution in [0.2, 0.25) is 5.02 Å². The van der Waals surface area contributed by atoms with Gasteiger partial charge in [0.2, 0.25) is 0 Å². The van der Waals surface area contributed by atoms with E-state index in [9.17, 15) is 18.0 Å². The molecular weight excluding hydrogens is 283 g/mol. The van der Waals surface area contributed by atoms with Crippen LogP contribution in [-0.4, -0.2) is 22.0 Å². The Kier molecular flexibility index (Phi) is 3.84. The Labute approximate surface area is 111 Å². The van der Waals surface area contributed by atoms with Gasteiger partial charge >= 0.3 is 6.18 Å². The molecule has 2 rings (SSSR count). The first-order valence-corrected chi connectivity index (χ1v) is 5.98. The molecule has 1 aromatic heterocycles. The predicted octanol–water partition coefficient (Wildman–Crippen LogP) is 2.59. The third-order valence-electron chi connectivity index (χ3n) is 2.68. The predicted molar refractivity (Wildman–Crippen MR) is 65.3 cm³/mol. The van der Waals surface area contributed by atoms with Crippen LogP contribution in [0.4, 0.5) is 18.9 Å². The van der Waals surface area contributed by atoms with E-state index < -0.39 is 18.3 Å². The van der Waals surface area contributed by atoms with E-state index >= 15 is 0 Å². The fourth-order valence-electron chi connectivity index (χ4n) is 1.80. The Bertz CT molecular complexity index is 545. The maximum absolute atomic E-state index is 12.2. The van der Waals surface area contributed by atoms with Crippen molar-refractivity contribution in [1.82, 2.24) is 9.78 Å². The molecule has 1 aromatic rings. The SMILES string of the molecule is O=c1c(Cl)c(NC2CC=CC2)cnn1CC(F)(F)F. The van der Waals surface area contributed by atoms with Gasteiger partial charge in [0, 0.05) is 6.04 Å². The number of anilines is 1. The number of hydrogen-bond donors (Lipinski definition) is 1. The van der Waals surface area contributed by atoms with Crippen LogP contribution >= 0.6 is 11.6 Å². The number of nitrogens with one attached hydrogen (secondary N) is 1. The molecule has 1 N–H and O–H groups in total. The molecular formula is C11H11ClF3N3O. The number of nitrogens with zero attached hydrogens (tertiary/aromatic N) is 2. The summed E-state index contributed by atoms with van der Waals surface area (Å²) in [5.74, 6) is 0. The van der Waals surface area contributed by atoms with E-state index in [1.54, 1.807) is 0 Å². The minimum absolute atomic E-state index is 0.0946. The lowest BCUT2D eigenvalue weighted by Gasteiger charge is -2.15. The van der Waals surface area contributed by atoms with Crippen molar-refractivity contribution in [2.45, 2.75) is 31.6 Å². The van der Waals surface area contributed by atoms with Crippen LogP contribution in [0.3, 0.4) is 0 Å². The summed E-state index contributed by atoms with van der Waals surface area (Å²) >= 11 is 5.78. The third-order valence-corrected chi connectivity index (χ3v) is 3.05. The fraction of sp³-hybridized carbons (Fsp3) is 0.455. The zero-order valence-corrected chi connectivity index (χ0v) is 10.5. The van der Waals surface area contributed by atoms with Crippen LogP contribution in [0.25, 0.3) is 0 Å². The summed E-state index contributed by atoms with van der Waals surface area (Å²) in [4.78, 5) is 11.7. The molecule has 0 saturated carbocycles. The van der Waals surface area contributed by atoms with Gasteiger partial charge in [0.1, 0.15) is 11.6 Å². The van der Waals surface area contributed by atoms with Gasteiger partial charge in [-0.2, -0.15) is 18.3 Å². The Morgan fingerprint density at radius 1 is 1.42 bits per heavy atom. The largest absolute Gasteiger partial charge is 0.408 e. The lowest BCUT2D eigenvalue weighted by atomic mass is 10.2. The first-order chi connectivity index (χ1) is 8.87. The summed E-state index contributed by atoms with van der Waals surface area (Å²) in [6.07, 6.45) is 2.15. The van der Waals surface area contributed by atoms with Gasteiger partial charge in [-0.15, -0.1) is 0 Å². The van der Waals surface area contributed by atoms with Crippen LogP contribution in [0.15, 0.2) is 23.1 Å². The van der Waals surface area contributed by atoms with Gasteiger partial charge in [-0.1, -0.05) is 23.8 Å². The lowest BCUT2D eigenvalue weighted by molar-refractivity contribution is -0.143. The number of hydrogen-bond acceptors (Lipinski definition) is 3. The van der Waals surface area contributed by atoms with Crippen molar-refractivity contribution in [1.29, 1.82) is 0 Å². The normalized spacial score (nSPS) is 16.0. The second kappa shape index (κ2) is 5.24. The standard InChI is InChI=1S/C11H11ClF3N3O/c12-9-8(17-7-3-1-2-4-7)5-16-18(10(9)19)6-11(13,14)15/h1-2,5,7,17H,3-4,6H2. The zero-order chi connectivity index (χ0) is 14.0. The molecule has 0 aliphatic heterocycles.